The summed E-state index contributed by atoms with van der Waals surface area (Å²) in [4.78, 5) is 39.8. The van der Waals surface area contributed by atoms with E-state index in [0.29, 0.717) is 23.6 Å². The molecule has 1 amide bonds. The molecule has 0 bridgehead atoms. The van der Waals surface area contributed by atoms with Crippen molar-refractivity contribution in [2.24, 2.45) is 23.5 Å². The highest BCUT2D eigenvalue weighted by atomic mass is 16.3. The number of hydrogen-bond donors (Lipinski definition) is 7. The number of aliphatic hydroxyl groups is 3. The van der Waals surface area contributed by atoms with Crippen LogP contribution in [-0.4, -0.2) is 78.2 Å². The number of aliphatic hydroxyl groups excluding tert-OH is 2. The predicted octanol–water partition coefficient (Wildman–Crippen LogP) is 0.825. The number of aromatic hydroxyl groups is 1. The normalized spacial score (nSPS) is 25.9. The summed E-state index contributed by atoms with van der Waals surface area (Å²) in [7, 11) is 7.45. The lowest BCUT2D eigenvalue weighted by Gasteiger charge is -2.46. The largest absolute Gasteiger partial charge is 0.508 e. The number of primary amides is 1. The fourth-order valence-corrected chi connectivity index (χ4v) is 5.99. The molecule has 1 unspecified atom stereocenters. The summed E-state index contributed by atoms with van der Waals surface area (Å²) < 4.78 is 0. The molecule has 4 aliphatic carbocycles. The third-order valence-corrected chi connectivity index (χ3v) is 8.05. The number of ketones is 2. The molecule has 1 aromatic rings. The second-order valence-electron chi connectivity index (χ2n) is 11.1. The van der Waals surface area contributed by atoms with Crippen LogP contribution in [0.15, 0.2) is 23.0 Å². The summed E-state index contributed by atoms with van der Waals surface area (Å²) in [5.41, 5.74) is 3.88. The Kier molecular flexibility index (Phi) is 7.79. The van der Waals surface area contributed by atoms with Crippen LogP contribution < -0.4 is 21.3 Å². The average molecular weight is 543 g/mol. The lowest BCUT2D eigenvalue weighted by molar-refractivity contribution is -0.147. The van der Waals surface area contributed by atoms with Crippen molar-refractivity contribution in [3.63, 3.8) is 0 Å². The number of nitrogens with one attached hydrogen (secondary N) is 2. The maximum Gasteiger partial charge on any atom is 0.255 e. The van der Waals surface area contributed by atoms with Crippen molar-refractivity contribution in [2.45, 2.75) is 44.2 Å². The van der Waals surface area contributed by atoms with E-state index in [-0.39, 0.29) is 36.1 Å². The average Bonchev–Trinajstić information content (AvgIpc) is 3.67. The number of Topliss-reactive ketones (excluding diaryl/α,β-unsaturated/α-hetero) is 2. The molecule has 2 fully saturated rings. The van der Waals surface area contributed by atoms with Gasteiger partial charge in [0.25, 0.3) is 5.91 Å². The minimum atomic E-state index is -2.56. The van der Waals surface area contributed by atoms with Gasteiger partial charge >= 0.3 is 0 Å². The molecule has 4 aliphatic rings. The van der Waals surface area contributed by atoms with Crippen LogP contribution in [-0.2, 0) is 27.3 Å². The van der Waals surface area contributed by atoms with E-state index in [4.69, 9.17) is 5.73 Å². The van der Waals surface area contributed by atoms with Crippen molar-refractivity contribution in [2.75, 3.05) is 39.6 Å². The molecule has 11 nitrogen and oxygen atoms in total. The lowest BCUT2D eigenvalue weighted by Crippen LogP contribution is -2.58. The number of nitrogens with zero attached hydrogens (tertiary/aromatic N) is 1. The molecule has 8 N–H and O–H groups in total. The maximum absolute atomic E-state index is 13.7. The van der Waals surface area contributed by atoms with Gasteiger partial charge in [-0.05, 0) is 69.8 Å². The van der Waals surface area contributed by atoms with Crippen LogP contribution >= 0.6 is 0 Å². The Balaban J connectivity index is 0.00000112. The van der Waals surface area contributed by atoms with Gasteiger partial charge in [0, 0.05) is 49.8 Å². The van der Waals surface area contributed by atoms with E-state index < -0.39 is 52.0 Å². The smallest absolute Gasteiger partial charge is 0.255 e. The number of carbonyl (C=O) groups excluding carboxylic acids is 3. The number of anilines is 1. The quantitative estimate of drug-likeness (QED) is 0.254. The third kappa shape index (κ3) is 4.79. The van der Waals surface area contributed by atoms with E-state index in [0.717, 1.165) is 12.2 Å². The molecule has 0 aromatic heterocycles. The third-order valence-electron chi connectivity index (χ3n) is 8.05. The predicted molar refractivity (Wildman–Crippen MR) is 145 cm³/mol. The van der Waals surface area contributed by atoms with Crippen LogP contribution in [0.1, 0.15) is 42.4 Å². The molecule has 2 saturated carbocycles. The second kappa shape index (κ2) is 10.6. The van der Waals surface area contributed by atoms with Gasteiger partial charge in [0.1, 0.15) is 22.8 Å². The Morgan fingerprint density at radius 3 is 2.36 bits per heavy atom. The summed E-state index contributed by atoms with van der Waals surface area (Å²) in [6.07, 6.45) is 2.42. The first kappa shape index (κ1) is 28.6. The van der Waals surface area contributed by atoms with Gasteiger partial charge in [-0.15, -0.1) is 0 Å². The van der Waals surface area contributed by atoms with Gasteiger partial charge in [0.2, 0.25) is 5.78 Å². The van der Waals surface area contributed by atoms with Crippen molar-refractivity contribution in [3.8, 4) is 5.75 Å². The summed E-state index contributed by atoms with van der Waals surface area (Å²) in [6.45, 7) is 1.19. The zero-order valence-corrected chi connectivity index (χ0v) is 22.8. The van der Waals surface area contributed by atoms with Crippen molar-refractivity contribution < 1.29 is 34.8 Å². The van der Waals surface area contributed by atoms with E-state index >= 15 is 0 Å². The Morgan fingerprint density at radius 2 is 1.79 bits per heavy atom. The number of rotatable bonds is 6. The fraction of sp³-hybridized carbons (Fsp3) is 0.536. The van der Waals surface area contributed by atoms with E-state index in [1.54, 1.807) is 0 Å². The van der Waals surface area contributed by atoms with Crippen LogP contribution in [0, 0.1) is 17.8 Å². The fourth-order valence-electron chi connectivity index (χ4n) is 5.99. The van der Waals surface area contributed by atoms with E-state index in [9.17, 15) is 34.8 Å². The van der Waals surface area contributed by atoms with Crippen molar-refractivity contribution >= 4 is 28.9 Å². The molecule has 0 aliphatic heterocycles. The zero-order chi connectivity index (χ0) is 28.8. The summed E-state index contributed by atoms with van der Waals surface area (Å²) in [6, 6.07) is 1.87. The maximum atomic E-state index is 13.7. The van der Waals surface area contributed by atoms with Crippen molar-refractivity contribution in [3.05, 3.63) is 39.7 Å². The number of phenolic OH excluding ortho intramolecular Hbond substituents is 1. The number of hydrogen-bond acceptors (Lipinski definition) is 10. The number of fused-ring (bicyclic) bond motifs is 3. The molecule has 0 spiro atoms. The molecule has 0 saturated heterocycles. The van der Waals surface area contributed by atoms with Gasteiger partial charge in [-0.1, -0.05) is 0 Å². The standard InChI is InChI=1S/C26H31N3O7.C2H7N/c1-29(2)16-7-13(10-28-9-11-3-4-11)21(31)19-15(16)6-12-5-14-8-17(30)20(25(27)35)24(34)26(14,36)23(33)18(12)22(19)32;1-3-2/h7,11-12,14,28,31-32,34,36H,3-6,8-10H2,1-2H3,(H2,27,35);3H,1-2H3/t12?,14-,26-;/m0./s1. The Hall–Kier alpha value is -3.41. The molecule has 5 rings (SSSR count). The number of amides is 1. The van der Waals surface area contributed by atoms with Gasteiger partial charge in [0.15, 0.2) is 11.4 Å². The lowest BCUT2D eigenvalue weighted by atomic mass is 9.59. The Morgan fingerprint density at radius 1 is 1.15 bits per heavy atom. The van der Waals surface area contributed by atoms with Crippen LogP contribution in [0.25, 0.3) is 5.76 Å². The highest BCUT2D eigenvalue weighted by molar-refractivity contribution is 6.22. The van der Waals surface area contributed by atoms with Gasteiger partial charge in [-0.2, -0.15) is 0 Å². The molecule has 39 heavy (non-hydrogen) atoms. The summed E-state index contributed by atoms with van der Waals surface area (Å²) in [5.74, 6) is -5.53. The first-order valence-corrected chi connectivity index (χ1v) is 13.2. The number of benzene rings is 1. The number of phenols is 1. The van der Waals surface area contributed by atoms with Crippen LogP contribution in [0.2, 0.25) is 0 Å². The van der Waals surface area contributed by atoms with E-state index in [2.05, 4.69) is 10.6 Å². The second-order valence-corrected chi connectivity index (χ2v) is 11.1. The Labute approximate surface area is 227 Å². The minimum absolute atomic E-state index is 0.112. The van der Waals surface area contributed by atoms with Gasteiger partial charge < -0.3 is 41.7 Å². The highest BCUT2D eigenvalue weighted by Gasteiger charge is 2.60. The molecular formula is C28H38N4O7. The summed E-state index contributed by atoms with van der Waals surface area (Å²) >= 11 is 0. The number of nitrogens with two attached hydrogens (primary N) is 1. The van der Waals surface area contributed by atoms with Crippen molar-refractivity contribution in [1.82, 2.24) is 10.6 Å². The van der Waals surface area contributed by atoms with Crippen molar-refractivity contribution in [1.29, 1.82) is 0 Å². The molecular weight excluding hydrogens is 504 g/mol. The van der Waals surface area contributed by atoms with Gasteiger partial charge in [0.05, 0.1) is 5.56 Å². The van der Waals surface area contributed by atoms with Crippen LogP contribution in [0.5, 0.6) is 5.75 Å². The first-order chi connectivity index (χ1) is 18.4. The van der Waals surface area contributed by atoms with E-state index in [1.807, 2.05) is 39.2 Å². The van der Waals surface area contributed by atoms with Crippen LogP contribution in [0.4, 0.5) is 5.69 Å². The summed E-state index contributed by atoms with van der Waals surface area (Å²) in [5, 5.41) is 50.7. The highest BCUT2D eigenvalue weighted by Crippen LogP contribution is 2.53. The Bertz CT molecular complexity index is 1280. The number of carbonyl (C=O) groups is 3. The molecule has 212 valence electrons. The topological polar surface area (TPSA) is 185 Å². The van der Waals surface area contributed by atoms with E-state index in [1.165, 1.54) is 12.8 Å². The minimum Gasteiger partial charge on any atom is -0.508 e. The monoisotopic (exact) mass is 542 g/mol. The first-order valence-electron chi connectivity index (χ1n) is 13.2. The van der Waals surface area contributed by atoms with Gasteiger partial charge in [-0.25, -0.2) is 0 Å². The zero-order valence-electron chi connectivity index (χ0n) is 22.8. The molecule has 0 heterocycles. The van der Waals surface area contributed by atoms with Gasteiger partial charge in [-0.3, -0.25) is 14.4 Å². The molecule has 11 heteroatoms. The molecule has 1 aromatic carbocycles. The molecule has 0 radical (unpaired) electrons. The SMILES string of the molecule is CN(C)c1cc(CNCC2CC2)c(O)c2c1CC1C[C@H]3CC(=O)C(C(N)=O)=C(O)[C@@]3(O)C(=O)C1=C2O.CNC. The van der Waals surface area contributed by atoms with Crippen LogP contribution in [0.3, 0.4) is 0 Å². The molecule has 3 atom stereocenters.